The second-order valence-electron chi connectivity index (χ2n) is 4.39. The Bertz CT molecular complexity index is 260. The summed E-state index contributed by atoms with van der Waals surface area (Å²) in [5.74, 6) is 1.89. The number of rotatable bonds is 4. The van der Waals surface area contributed by atoms with E-state index in [4.69, 9.17) is 0 Å². The summed E-state index contributed by atoms with van der Waals surface area (Å²) in [6.07, 6.45) is 6.40. The van der Waals surface area contributed by atoms with Crippen molar-refractivity contribution >= 4 is 0 Å². The zero-order valence-electron chi connectivity index (χ0n) is 8.30. The van der Waals surface area contributed by atoms with Gasteiger partial charge in [-0.1, -0.05) is 0 Å². The van der Waals surface area contributed by atoms with Gasteiger partial charge < -0.3 is 10.3 Å². The van der Waals surface area contributed by atoms with Crippen molar-refractivity contribution in [3.63, 3.8) is 0 Å². The van der Waals surface area contributed by atoms with Crippen LogP contribution >= 0.6 is 0 Å². The Labute approximate surface area is 79.0 Å². The fourth-order valence-corrected chi connectivity index (χ4v) is 1.66. The normalized spacial score (nSPS) is 17.7. The fourth-order valence-electron chi connectivity index (χ4n) is 1.66. The molecule has 0 aromatic carbocycles. The first-order chi connectivity index (χ1) is 6.18. The molecule has 1 saturated carbocycles. The summed E-state index contributed by atoms with van der Waals surface area (Å²) < 4.78 is 0. The Morgan fingerprint density at radius 2 is 2.38 bits per heavy atom. The predicted molar refractivity (Wildman–Crippen MR) is 52.2 cm³/mol. The van der Waals surface area contributed by atoms with Crippen LogP contribution in [0.5, 0.6) is 0 Å². The number of imidazole rings is 1. The van der Waals surface area contributed by atoms with Gasteiger partial charge in [0.15, 0.2) is 0 Å². The first-order valence-corrected chi connectivity index (χ1v) is 4.92. The molecule has 0 saturated heterocycles. The van der Waals surface area contributed by atoms with E-state index in [2.05, 4.69) is 29.1 Å². The van der Waals surface area contributed by atoms with E-state index in [-0.39, 0.29) is 5.54 Å². The van der Waals surface area contributed by atoms with Crippen LogP contribution in [-0.4, -0.2) is 15.5 Å². The van der Waals surface area contributed by atoms with Gasteiger partial charge in [0, 0.05) is 17.9 Å². The average molecular weight is 179 g/mol. The lowest BCUT2D eigenvalue weighted by Gasteiger charge is -2.25. The number of nitrogens with one attached hydrogen (secondary N) is 2. The maximum Gasteiger partial charge on any atom is 0.120 e. The first kappa shape index (κ1) is 8.75. The minimum Gasteiger partial charge on any atom is -0.348 e. The second kappa shape index (κ2) is 3.14. The second-order valence-corrected chi connectivity index (χ2v) is 4.39. The van der Waals surface area contributed by atoms with Crippen LogP contribution in [0, 0.1) is 5.92 Å². The molecule has 0 bridgehead atoms. The van der Waals surface area contributed by atoms with E-state index in [1.165, 1.54) is 12.8 Å². The Morgan fingerprint density at radius 1 is 1.62 bits per heavy atom. The van der Waals surface area contributed by atoms with Gasteiger partial charge in [-0.05, 0) is 32.6 Å². The molecule has 3 nitrogen and oxygen atoms in total. The van der Waals surface area contributed by atoms with Gasteiger partial charge in [0.05, 0.1) is 6.54 Å². The lowest BCUT2D eigenvalue weighted by atomic mass is 9.99. The number of H-pyrrole nitrogens is 1. The van der Waals surface area contributed by atoms with Gasteiger partial charge in [-0.25, -0.2) is 4.98 Å². The van der Waals surface area contributed by atoms with Crippen molar-refractivity contribution in [2.75, 3.05) is 0 Å². The number of hydrogen-bond acceptors (Lipinski definition) is 2. The van der Waals surface area contributed by atoms with Gasteiger partial charge in [-0.3, -0.25) is 0 Å². The minimum atomic E-state index is 0.271. The number of aromatic amines is 1. The summed E-state index contributed by atoms with van der Waals surface area (Å²) in [6.45, 7) is 5.39. The summed E-state index contributed by atoms with van der Waals surface area (Å²) in [5, 5.41) is 3.53. The van der Waals surface area contributed by atoms with E-state index < -0.39 is 0 Å². The van der Waals surface area contributed by atoms with E-state index in [1.807, 2.05) is 6.20 Å². The Balaban J connectivity index is 1.84. The molecule has 1 heterocycles. The molecular formula is C10H17N3. The molecule has 0 atom stereocenters. The molecule has 0 spiro atoms. The monoisotopic (exact) mass is 179 g/mol. The standard InChI is InChI=1S/C10H17N3/c1-10(2,8-3-4-8)13-7-9-11-5-6-12-9/h5-6,8,13H,3-4,7H2,1-2H3,(H,11,12). The van der Waals surface area contributed by atoms with E-state index in [9.17, 15) is 0 Å². The van der Waals surface area contributed by atoms with Crippen molar-refractivity contribution in [3.8, 4) is 0 Å². The molecule has 1 aromatic heterocycles. The topological polar surface area (TPSA) is 40.7 Å². The minimum absolute atomic E-state index is 0.271. The Morgan fingerprint density at radius 3 is 2.92 bits per heavy atom. The highest BCUT2D eigenvalue weighted by Crippen LogP contribution is 2.39. The van der Waals surface area contributed by atoms with Crippen LogP contribution in [0.15, 0.2) is 12.4 Å². The van der Waals surface area contributed by atoms with Crippen molar-refractivity contribution in [1.82, 2.24) is 15.3 Å². The van der Waals surface area contributed by atoms with E-state index in [1.54, 1.807) is 6.20 Å². The average Bonchev–Trinajstić information content (AvgIpc) is 2.82. The van der Waals surface area contributed by atoms with Gasteiger partial charge in [-0.2, -0.15) is 0 Å². The van der Waals surface area contributed by atoms with Crippen LogP contribution < -0.4 is 5.32 Å². The zero-order chi connectivity index (χ0) is 9.31. The molecule has 2 N–H and O–H groups in total. The Hall–Kier alpha value is -0.830. The zero-order valence-corrected chi connectivity index (χ0v) is 8.30. The molecule has 0 radical (unpaired) electrons. The van der Waals surface area contributed by atoms with Crippen LogP contribution in [0.1, 0.15) is 32.5 Å². The third-order valence-corrected chi connectivity index (χ3v) is 2.86. The van der Waals surface area contributed by atoms with Crippen molar-refractivity contribution in [2.24, 2.45) is 5.92 Å². The quantitative estimate of drug-likeness (QED) is 0.738. The number of aromatic nitrogens is 2. The molecule has 1 aromatic rings. The van der Waals surface area contributed by atoms with E-state index >= 15 is 0 Å². The molecule has 3 heteroatoms. The van der Waals surface area contributed by atoms with Crippen LogP contribution in [-0.2, 0) is 6.54 Å². The highest BCUT2D eigenvalue weighted by molar-refractivity contribution is 4.96. The Kier molecular flexibility index (Phi) is 2.12. The molecule has 2 rings (SSSR count). The lowest BCUT2D eigenvalue weighted by Crippen LogP contribution is -2.40. The van der Waals surface area contributed by atoms with Crippen LogP contribution in [0.4, 0.5) is 0 Å². The molecule has 72 valence electrons. The number of nitrogens with zero attached hydrogens (tertiary/aromatic N) is 1. The maximum absolute atomic E-state index is 4.18. The summed E-state index contributed by atoms with van der Waals surface area (Å²) in [5.41, 5.74) is 0.271. The molecule has 0 unspecified atom stereocenters. The molecule has 1 fully saturated rings. The molecular weight excluding hydrogens is 162 g/mol. The first-order valence-electron chi connectivity index (χ1n) is 4.92. The smallest absolute Gasteiger partial charge is 0.120 e. The largest absolute Gasteiger partial charge is 0.348 e. The van der Waals surface area contributed by atoms with Gasteiger partial charge in [0.2, 0.25) is 0 Å². The van der Waals surface area contributed by atoms with Gasteiger partial charge in [0.1, 0.15) is 5.82 Å². The van der Waals surface area contributed by atoms with Crippen LogP contribution in [0.3, 0.4) is 0 Å². The highest BCUT2D eigenvalue weighted by atomic mass is 15.0. The summed E-state index contributed by atoms with van der Waals surface area (Å²) in [6, 6.07) is 0. The van der Waals surface area contributed by atoms with Gasteiger partial charge in [0.25, 0.3) is 0 Å². The fraction of sp³-hybridized carbons (Fsp3) is 0.700. The lowest BCUT2D eigenvalue weighted by molar-refractivity contribution is 0.336. The third-order valence-electron chi connectivity index (χ3n) is 2.86. The predicted octanol–water partition coefficient (Wildman–Crippen LogP) is 1.69. The summed E-state index contributed by atoms with van der Waals surface area (Å²) >= 11 is 0. The van der Waals surface area contributed by atoms with Gasteiger partial charge in [-0.15, -0.1) is 0 Å². The van der Waals surface area contributed by atoms with Crippen molar-refractivity contribution < 1.29 is 0 Å². The van der Waals surface area contributed by atoms with Gasteiger partial charge >= 0.3 is 0 Å². The van der Waals surface area contributed by atoms with Crippen molar-refractivity contribution in [2.45, 2.75) is 38.8 Å². The molecule has 1 aliphatic carbocycles. The van der Waals surface area contributed by atoms with Crippen LogP contribution in [0.2, 0.25) is 0 Å². The molecule has 13 heavy (non-hydrogen) atoms. The van der Waals surface area contributed by atoms with E-state index in [0.29, 0.717) is 0 Å². The highest BCUT2D eigenvalue weighted by Gasteiger charge is 2.37. The van der Waals surface area contributed by atoms with E-state index in [0.717, 1.165) is 18.3 Å². The SMILES string of the molecule is CC(C)(NCc1ncc[nH]1)C1CC1. The number of hydrogen-bond donors (Lipinski definition) is 2. The molecule has 0 amide bonds. The molecule has 1 aliphatic rings. The van der Waals surface area contributed by atoms with Crippen molar-refractivity contribution in [3.05, 3.63) is 18.2 Å². The maximum atomic E-state index is 4.18. The summed E-state index contributed by atoms with van der Waals surface area (Å²) in [7, 11) is 0. The van der Waals surface area contributed by atoms with Crippen LogP contribution in [0.25, 0.3) is 0 Å². The van der Waals surface area contributed by atoms with Crippen molar-refractivity contribution in [1.29, 1.82) is 0 Å². The summed E-state index contributed by atoms with van der Waals surface area (Å²) in [4.78, 5) is 7.28. The molecule has 0 aliphatic heterocycles. The third kappa shape index (κ3) is 2.10.